The summed E-state index contributed by atoms with van der Waals surface area (Å²) in [5.41, 5.74) is -0.187. The van der Waals surface area contributed by atoms with Gasteiger partial charge in [-0.15, -0.1) is 0 Å². The largest absolute Gasteiger partial charge is 0.490 e. The lowest BCUT2D eigenvalue weighted by atomic mass is 10.3. The molecular weight excluding hydrogens is 200 g/mol. The fourth-order valence-electron chi connectivity index (χ4n) is 1.02. The highest BCUT2D eigenvalue weighted by Crippen LogP contribution is 2.30. The third-order valence-electron chi connectivity index (χ3n) is 1.65. The molecule has 6 nitrogen and oxygen atoms in total. The van der Waals surface area contributed by atoms with Gasteiger partial charge in [0.05, 0.1) is 18.1 Å². The fraction of sp³-hybridized carbons (Fsp3) is 0.222. The van der Waals surface area contributed by atoms with Crippen LogP contribution in [0, 0.1) is 21.4 Å². The van der Waals surface area contributed by atoms with E-state index in [4.69, 9.17) is 14.7 Å². The summed E-state index contributed by atoms with van der Waals surface area (Å²) in [7, 11) is 1.35. The molecule has 1 aromatic carbocycles. The number of ether oxygens (including phenoxy) is 2. The maximum atomic E-state index is 10.6. The van der Waals surface area contributed by atoms with Gasteiger partial charge in [-0.3, -0.25) is 10.1 Å². The van der Waals surface area contributed by atoms with E-state index in [0.717, 1.165) is 0 Å². The second kappa shape index (κ2) is 4.81. The summed E-state index contributed by atoms with van der Waals surface area (Å²) in [6.45, 7) is -0.149. The normalized spacial score (nSPS) is 9.07. The quantitative estimate of drug-likeness (QED) is 0.552. The van der Waals surface area contributed by atoms with E-state index in [-0.39, 0.29) is 23.8 Å². The van der Waals surface area contributed by atoms with Crippen molar-refractivity contribution in [3.8, 4) is 17.6 Å². The molecule has 0 aliphatic heterocycles. The minimum atomic E-state index is -0.571. The molecule has 0 N–H and O–H groups in total. The first kappa shape index (κ1) is 10.8. The van der Waals surface area contributed by atoms with Crippen LogP contribution in [0.3, 0.4) is 0 Å². The predicted molar refractivity (Wildman–Crippen MR) is 50.8 cm³/mol. The van der Waals surface area contributed by atoms with Crippen molar-refractivity contribution in [2.24, 2.45) is 0 Å². The Bertz CT molecular complexity index is 411. The van der Waals surface area contributed by atoms with Crippen molar-refractivity contribution in [3.63, 3.8) is 0 Å². The summed E-state index contributed by atoms with van der Waals surface area (Å²) in [4.78, 5) is 10.0. The smallest absolute Gasteiger partial charge is 0.314 e. The Morgan fingerprint density at radius 2 is 2.33 bits per heavy atom. The standard InChI is InChI=1S/C9H8N2O4/c1-14-9-3-2-7(15-5-4-10)6-8(9)11(12)13/h2-3,6H,5H2,1H3. The van der Waals surface area contributed by atoms with Crippen molar-refractivity contribution in [1.29, 1.82) is 5.26 Å². The average Bonchev–Trinajstić information content (AvgIpc) is 2.25. The zero-order chi connectivity index (χ0) is 11.3. The molecule has 0 bridgehead atoms. The Labute approximate surface area is 85.8 Å². The van der Waals surface area contributed by atoms with Crippen molar-refractivity contribution in [1.82, 2.24) is 0 Å². The summed E-state index contributed by atoms with van der Waals surface area (Å²) in [5.74, 6) is 0.424. The first-order valence-corrected chi connectivity index (χ1v) is 4.01. The van der Waals surface area contributed by atoms with Crippen LogP contribution in [-0.2, 0) is 0 Å². The predicted octanol–water partition coefficient (Wildman–Crippen LogP) is 1.51. The van der Waals surface area contributed by atoms with Gasteiger partial charge in [-0.2, -0.15) is 5.26 Å². The van der Waals surface area contributed by atoms with Gasteiger partial charge < -0.3 is 9.47 Å². The highest BCUT2D eigenvalue weighted by atomic mass is 16.6. The molecule has 0 heterocycles. The first-order valence-electron chi connectivity index (χ1n) is 4.01. The molecule has 0 aliphatic carbocycles. The number of nitro benzene ring substituents is 1. The molecule has 0 spiro atoms. The molecule has 0 atom stereocenters. The average molecular weight is 208 g/mol. The molecule has 0 fully saturated rings. The molecule has 0 saturated heterocycles. The Morgan fingerprint density at radius 1 is 1.60 bits per heavy atom. The molecule has 0 aliphatic rings. The van der Waals surface area contributed by atoms with E-state index in [0.29, 0.717) is 0 Å². The highest BCUT2D eigenvalue weighted by molar-refractivity contribution is 5.50. The lowest BCUT2D eigenvalue weighted by Crippen LogP contribution is -1.97. The molecular formula is C9H8N2O4. The minimum Gasteiger partial charge on any atom is -0.490 e. The maximum Gasteiger partial charge on any atom is 0.314 e. The molecule has 0 amide bonds. The molecule has 6 heteroatoms. The summed E-state index contributed by atoms with van der Waals surface area (Å²) < 4.78 is 9.73. The zero-order valence-electron chi connectivity index (χ0n) is 7.97. The SMILES string of the molecule is COc1ccc(OCC#N)cc1[N+](=O)[O-]. The Hall–Kier alpha value is -2.29. The van der Waals surface area contributed by atoms with Gasteiger partial charge in [-0.05, 0) is 12.1 Å². The summed E-state index contributed by atoms with van der Waals surface area (Å²) in [6.07, 6.45) is 0. The fourth-order valence-corrected chi connectivity index (χ4v) is 1.02. The van der Waals surface area contributed by atoms with Crippen LogP contribution in [0.5, 0.6) is 11.5 Å². The third kappa shape index (κ3) is 2.57. The van der Waals surface area contributed by atoms with E-state index in [9.17, 15) is 10.1 Å². The van der Waals surface area contributed by atoms with Gasteiger partial charge in [-0.1, -0.05) is 0 Å². The van der Waals surface area contributed by atoms with Gasteiger partial charge in [0.1, 0.15) is 11.8 Å². The Kier molecular flexibility index (Phi) is 3.46. The molecule has 0 radical (unpaired) electrons. The molecule has 1 aromatic rings. The van der Waals surface area contributed by atoms with Crippen molar-refractivity contribution >= 4 is 5.69 Å². The first-order chi connectivity index (χ1) is 7.19. The van der Waals surface area contributed by atoms with E-state index in [1.807, 2.05) is 0 Å². The van der Waals surface area contributed by atoms with Crippen LogP contribution in [0.4, 0.5) is 5.69 Å². The number of rotatable bonds is 4. The van der Waals surface area contributed by atoms with Gasteiger partial charge in [0.15, 0.2) is 12.4 Å². The number of hydrogen-bond acceptors (Lipinski definition) is 5. The molecule has 0 unspecified atom stereocenters. The van der Waals surface area contributed by atoms with E-state index < -0.39 is 4.92 Å². The number of nitriles is 1. The van der Waals surface area contributed by atoms with Gasteiger partial charge >= 0.3 is 5.69 Å². The van der Waals surface area contributed by atoms with Crippen LogP contribution >= 0.6 is 0 Å². The molecule has 0 aromatic heterocycles. The van der Waals surface area contributed by atoms with Gasteiger partial charge in [0.2, 0.25) is 0 Å². The number of methoxy groups -OCH3 is 1. The highest BCUT2D eigenvalue weighted by Gasteiger charge is 2.15. The number of benzene rings is 1. The van der Waals surface area contributed by atoms with Crippen LogP contribution < -0.4 is 9.47 Å². The van der Waals surface area contributed by atoms with Crippen molar-refractivity contribution < 1.29 is 14.4 Å². The second-order valence-electron chi connectivity index (χ2n) is 2.54. The molecule has 78 valence electrons. The van der Waals surface area contributed by atoms with E-state index in [1.165, 1.54) is 25.3 Å². The third-order valence-corrected chi connectivity index (χ3v) is 1.65. The Morgan fingerprint density at radius 3 is 2.87 bits per heavy atom. The van der Waals surface area contributed by atoms with Crippen LogP contribution in [0.1, 0.15) is 0 Å². The summed E-state index contributed by atoms with van der Waals surface area (Å²) >= 11 is 0. The van der Waals surface area contributed by atoms with Crippen molar-refractivity contribution in [2.45, 2.75) is 0 Å². The summed E-state index contributed by atoms with van der Waals surface area (Å²) in [5, 5.41) is 18.9. The zero-order valence-corrected chi connectivity index (χ0v) is 7.97. The van der Waals surface area contributed by atoms with E-state index in [1.54, 1.807) is 6.07 Å². The molecule has 15 heavy (non-hydrogen) atoms. The monoisotopic (exact) mass is 208 g/mol. The maximum absolute atomic E-state index is 10.6. The number of hydrogen-bond donors (Lipinski definition) is 0. The molecule has 0 saturated carbocycles. The number of nitro groups is 1. The van der Waals surface area contributed by atoms with Crippen molar-refractivity contribution in [3.05, 3.63) is 28.3 Å². The van der Waals surface area contributed by atoms with Crippen LogP contribution in [0.2, 0.25) is 0 Å². The van der Waals surface area contributed by atoms with Gasteiger partial charge in [0, 0.05) is 0 Å². The summed E-state index contributed by atoms with van der Waals surface area (Å²) in [6, 6.07) is 5.91. The lowest BCUT2D eigenvalue weighted by Gasteiger charge is -2.04. The second-order valence-corrected chi connectivity index (χ2v) is 2.54. The van der Waals surface area contributed by atoms with Gasteiger partial charge in [0.25, 0.3) is 0 Å². The van der Waals surface area contributed by atoms with Crippen molar-refractivity contribution in [2.75, 3.05) is 13.7 Å². The van der Waals surface area contributed by atoms with E-state index >= 15 is 0 Å². The molecule has 1 rings (SSSR count). The Balaban J connectivity index is 3.00. The van der Waals surface area contributed by atoms with Gasteiger partial charge in [-0.25, -0.2) is 0 Å². The lowest BCUT2D eigenvalue weighted by molar-refractivity contribution is -0.385. The van der Waals surface area contributed by atoms with Crippen LogP contribution in [-0.4, -0.2) is 18.6 Å². The minimum absolute atomic E-state index is 0.149. The van der Waals surface area contributed by atoms with Crippen LogP contribution in [0.25, 0.3) is 0 Å². The van der Waals surface area contributed by atoms with E-state index in [2.05, 4.69) is 0 Å². The topological polar surface area (TPSA) is 85.4 Å². The van der Waals surface area contributed by atoms with Crippen LogP contribution in [0.15, 0.2) is 18.2 Å². The number of nitrogens with zero attached hydrogens (tertiary/aromatic N) is 2.